The van der Waals surface area contributed by atoms with Crippen LogP contribution in [0.1, 0.15) is 67.2 Å². The van der Waals surface area contributed by atoms with Gasteiger partial charge in [0, 0.05) is 12.8 Å². The van der Waals surface area contributed by atoms with Crippen LogP contribution in [0, 0.1) is 0 Å². The van der Waals surface area contributed by atoms with Crippen molar-refractivity contribution < 1.29 is 24.3 Å². The third kappa shape index (κ3) is 5.57. The van der Waals surface area contributed by atoms with Crippen molar-refractivity contribution in [1.29, 1.82) is 0 Å². The highest BCUT2D eigenvalue weighted by molar-refractivity contribution is 5.86. The fourth-order valence-electron chi connectivity index (χ4n) is 1.55. The molecular weight excluding hydrogens is 248 g/mol. The molecule has 0 N–H and O–H groups in total. The topological polar surface area (TPSA) is 54.0 Å². The van der Waals surface area contributed by atoms with Crippen LogP contribution in [0.5, 0.6) is 0 Å². The molecule has 5 nitrogen and oxygen atoms in total. The summed E-state index contributed by atoms with van der Waals surface area (Å²) in [5.41, 5.74) is -1.04. The summed E-state index contributed by atoms with van der Waals surface area (Å²) in [7, 11) is 0. The third-order valence-electron chi connectivity index (χ3n) is 2.44. The molecule has 0 aromatic carbocycles. The van der Waals surface area contributed by atoms with Crippen LogP contribution in [0.15, 0.2) is 0 Å². The van der Waals surface area contributed by atoms with Gasteiger partial charge in [-0.25, -0.2) is 9.78 Å². The lowest BCUT2D eigenvalue weighted by atomic mass is 9.93. The first-order valence-corrected chi connectivity index (χ1v) is 6.81. The maximum Gasteiger partial charge on any atom is 0.291 e. The van der Waals surface area contributed by atoms with Gasteiger partial charge in [0.25, 0.3) is 5.79 Å². The van der Waals surface area contributed by atoms with Crippen molar-refractivity contribution in [2.75, 3.05) is 0 Å². The first-order chi connectivity index (χ1) is 8.54. The van der Waals surface area contributed by atoms with Gasteiger partial charge in [0.1, 0.15) is 0 Å². The summed E-state index contributed by atoms with van der Waals surface area (Å²) in [6.07, 6.45) is 2.55. The maximum atomic E-state index is 12.1. The minimum absolute atomic E-state index is 0.132. The monoisotopic (exact) mass is 274 g/mol. The minimum Gasteiger partial charge on any atom is -0.293 e. The Labute approximate surface area is 115 Å². The van der Waals surface area contributed by atoms with Gasteiger partial charge in [-0.15, -0.1) is 0 Å². The number of Topliss-reactive ketones (excluding diaryl/α,β-unsaturated/α-hetero) is 1. The van der Waals surface area contributed by atoms with Crippen molar-refractivity contribution in [2.24, 2.45) is 0 Å². The highest BCUT2D eigenvalue weighted by Crippen LogP contribution is 2.33. The van der Waals surface area contributed by atoms with Crippen LogP contribution < -0.4 is 0 Å². The molecule has 1 saturated carbocycles. The van der Waals surface area contributed by atoms with E-state index in [1.807, 2.05) is 41.5 Å². The summed E-state index contributed by atoms with van der Waals surface area (Å²) in [4.78, 5) is 33.4. The van der Waals surface area contributed by atoms with E-state index in [2.05, 4.69) is 0 Å². The van der Waals surface area contributed by atoms with Crippen molar-refractivity contribution in [2.45, 2.75) is 84.2 Å². The van der Waals surface area contributed by atoms with Crippen molar-refractivity contribution in [3.05, 3.63) is 0 Å². The maximum absolute atomic E-state index is 12.1. The lowest BCUT2D eigenvalue weighted by molar-refractivity contribution is -0.526. The highest BCUT2D eigenvalue weighted by atomic mass is 17.3. The summed E-state index contributed by atoms with van der Waals surface area (Å²) in [5.74, 6) is -1.56. The Morgan fingerprint density at radius 1 is 0.895 bits per heavy atom. The van der Waals surface area contributed by atoms with Crippen molar-refractivity contribution >= 4 is 5.78 Å². The summed E-state index contributed by atoms with van der Waals surface area (Å²) in [6.45, 7) is 11.1. The lowest BCUT2D eigenvalue weighted by Gasteiger charge is -2.36. The average Bonchev–Trinajstić information content (AvgIpc) is 2.24. The van der Waals surface area contributed by atoms with E-state index >= 15 is 0 Å². The molecule has 0 spiro atoms. The van der Waals surface area contributed by atoms with Crippen LogP contribution in [0.25, 0.3) is 0 Å². The van der Waals surface area contributed by atoms with Crippen LogP contribution in [0.2, 0.25) is 0 Å². The number of ketones is 1. The summed E-state index contributed by atoms with van der Waals surface area (Å²) >= 11 is 0. The number of hydrogen-bond donors (Lipinski definition) is 0. The molecule has 0 radical (unpaired) electrons. The molecule has 1 rings (SSSR count). The van der Waals surface area contributed by atoms with Crippen LogP contribution in [0.3, 0.4) is 0 Å². The molecule has 19 heavy (non-hydrogen) atoms. The Morgan fingerprint density at radius 3 is 1.74 bits per heavy atom. The third-order valence-corrected chi connectivity index (χ3v) is 2.44. The van der Waals surface area contributed by atoms with Gasteiger partial charge in [-0.1, -0.05) is 0 Å². The molecule has 1 fully saturated rings. The van der Waals surface area contributed by atoms with Gasteiger partial charge in [-0.2, -0.15) is 9.78 Å². The van der Waals surface area contributed by atoms with Gasteiger partial charge < -0.3 is 0 Å². The predicted octanol–water partition coefficient (Wildman–Crippen LogP) is 3.32. The SMILES string of the molecule is CC(C)(C)OOC1(OOC(C)(C)C)CCCCC1=O. The van der Waals surface area contributed by atoms with E-state index in [9.17, 15) is 4.79 Å². The molecule has 0 heterocycles. The van der Waals surface area contributed by atoms with E-state index in [1.54, 1.807) is 0 Å². The molecule has 1 aliphatic carbocycles. The second-order valence-electron chi connectivity index (χ2n) is 6.94. The van der Waals surface area contributed by atoms with Gasteiger partial charge in [-0.05, 0) is 54.4 Å². The molecule has 0 bridgehead atoms. The van der Waals surface area contributed by atoms with Gasteiger partial charge in [0.05, 0.1) is 11.2 Å². The van der Waals surface area contributed by atoms with Crippen molar-refractivity contribution in [3.8, 4) is 0 Å². The molecule has 0 amide bonds. The zero-order chi connectivity index (χ0) is 14.7. The summed E-state index contributed by atoms with van der Waals surface area (Å²) < 4.78 is 0. The zero-order valence-electron chi connectivity index (χ0n) is 12.9. The zero-order valence-corrected chi connectivity index (χ0v) is 12.9. The van der Waals surface area contributed by atoms with Gasteiger partial charge in [0.2, 0.25) is 0 Å². The molecule has 0 saturated heterocycles. The Bertz CT molecular complexity index is 293. The Hall–Kier alpha value is -0.490. The quantitative estimate of drug-likeness (QED) is 0.447. The second-order valence-corrected chi connectivity index (χ2v) is 6.94. The molecule has 0 unspecified atom stereocenters. The largest absolute Gasteiger partial charge is 0.293 e. The molecule has 1 aliphatic rings. The fourth-order valence-corrected chi connectivity index (χ4v) is 1.55. The molecule has 0 aliphatic heterocycles. The van der Waals surface area contributed by atoms with Crippen molar-refractivity contribution in [3.63, 3.8) is 0 Å². The van der Waals surface area contributed by atoms with E-state index in [1.165, 1.54) is 0 Å². The van der Waals surface area contributed by atoms with Crippen LogP contribution >= 0.6 is 0 Å². The molecule has 5 heteroatoms. The predicted molar refractivity (Wildman–Crippen MR) is 70.1 cm³/mol. The number of rotatable bonds is 4. The standard InChI is InChI=1S/C14H26O5/c1-12(2,3)16-18-14(19-17-13(4,5)6)10-8-7-9-11(14)15/h7-10H2,1-6H3. The average molecular weight is 274 g/mol. The molecule has 112 valence electrons. The van der Waals surface area contributed by atoms with Crippen LogP contribution in [-0.4, -0.2) is 22.8 Å². The van der Waals surface area contributed by atoms with Crippen molar-refractivity contribution in [1.82, 2.24) is 0 Å². The lowest BCUT2D eigenvalue weighted by Crippen LogP contribution is -2.49. The van der Waals surface area contributed by atoms with E-state index in [-0.39, 0.29) is 5.78 Å². The van der Waals surface area contributed by atoms with E-state index in [0.717, 1.165) is 12.8 Å². The normalized spacial score (nSPS) is 20.6. The molecule has 0 atom stereocenters. The summed E-state index contributed by atoms with van der Waals surface area (Å²) in [6, 6.07) is 0. The second kappa shape index (κ2) is 5.87. The molecule has 0 aromatic heterocycles. The van der Waals surface area contributed by atoms with E-state index in [0.29, 0.717) is 12.8 Å². The van der Waals surface area contributed by atoms with Gasteiger partial charge in [-0.3, -0.25) is 4.79 Å². The Morgan fingerprint density at radius 2 is 1.37 bits per heavy atom. The van der Waals surface area contributed by atoms with Gasteiger partial charge >= 0.3 is 0 Å². The highest BCUT2D eigenvalue weighted by Gasteiger charge is 2.47. The van der Waals surface area contributed by atoms with E-state index in [4.69, 9.17) is 19.6 Å². The minimum atomic E-state index is -1.43. The number of carbonyl (C=O) groups is 1. The summed E-state index contributed by atoms with van der Waals surface area (Å²) in [5, 5.41) is 0. The Balaban J connectivity index is 2.75. The van der Waals surface area contributed by atoms with Gasteiger partial charge in [0.15, 0.2) is 5.78 Å². The first-order valence-electron chi connectivity index (χ1n) is 6.81. The van der Waals surface area contributed by atoms with E-state index < -0.39 is 17.0 Å². The fraction of sp³-hybridized carbons (Fsp3) is 0.929. The Kier molecular flexibility index (Phi) is 5.12. The first kappa shape index (κ1) is 16.6. The number of carbonyl (C=O) groups excluding carboxylic acids is 1. The number of hydrogen-bond acceptors (Lipinski definition) is 5. The van der Waals surface area contributed by atoms with Crippen LogP contribution in [0.4, 0.5) is 0 Å². The molecular formula is C14H26O5. The molecule has 0 aromatic rings. The van der Waals surface area contributed by atoms with Crippen LogP contribution in [-0.2, 0) is 24.3 Å². The smallest absolute Gasteiger partial charge is 0.291 e.